The Bertz CT molecular complexity index is 532. The highest BCUT2D eigenvalue weighted by molar-refractivity contribution is 5.69. The van der Waals surface area contributed by atoms with Crippen molar-refractivity contribution in [3.05, 3.63) is 27.9 Å². The summed E-state index contributed by atoms with van der Waals surface area (Å²) in [6.45, 7) is 2.37. The molecule has 0 radical (unpaired) electrons. The number of aliphatic carboxylic acids is 1. The van der Waals surface area contributed by atoms with E-state index in [0.717, 1.165) is 19.3 Å². The highest BCUT2D eigenvalue weighted by Crippen LogP contribution is 2.32. The van der Waals surface area contributed by atoms with Crippen molar-refractivity contribution in [3.63, 3.8) is 0 Å². The Morgan fingerprint density at radius 3 is 2.95 bits per heavy atom. The lowest BCUT2D eigenvalue weighted by Gasteiger charge is -2.35. The van der Waals surface area contributed by atoms with Crippen molar-refractivity contribution < 1.29 is 14.8 Å². The van der Waals surface area contributed by atoms with E-state index in [9.17, 15) is 14.9 Å². The third-order valence-corrected chi connectivity index (χ3v) is 3.50. The molecular weight excluding hydrogens is 262 g/mol. The van der Waals surface area contributed by atoms with Gasteiger partial charge in [-0.3, -0.25) is 14.9 Å². The number of nitro groups is 1. The van der Waals surface area contributed by atoms with Crippen LogP contribution in [0.5, 0.6) is 0 Å². The maximum absolute atomic E-state index is 11.1. The summed E-state index contributed by atoms with van der Waals surface area (Å²) in [7, 11) is 0. The third-order valence-electron chi connectivity index (χ3n) is 3.50. The summed E-state index contributed by atoms with van der Waals surface area (Å²) in [5.41, 5.74) is 0.623. The summed E-state index contributed by atoms with van der Waals surface area (Å²) in [4.78, 5) is 27.7. The van der Waals surface area contributed by atoms with Gasteiger partial charge in [0.2, 0.25) is 5.82 Å². The molecule has 1 aromatic rings. The van der Waals surface area contributed by atoms with E-state index in [1.54, 1.807) is 17.9 Å². The Hall–Kier alpha value is -2.18. The Kier molecular flexibility index (Phi) is 4.16. The molecule has 1 saturated heterocycles. The van der Waals surface area contributed by atoms with E-state index in [0.29, 0.717) is 18.1 Å². The fraction of sp³-hybridized carbons (Fsp3) is 0.538. The Morgan fingerprint density at radius 1 is 1.55 bits per heavy atom. The molecule has 0 aliphatic carbocycles. The van der Waals surface area contributed by atoms with Gasteiger partial charge in [-0.2, -0.15) is 0 Å². The molecule has 0 amide bonds. The summed E-state index contributed by atoms with van der Waals surface area (Å²) in [6, 6.07) is 2.80. The molecule has 1 unspecified atom stereocenters. The lowest BCUT2D eigenvalue weighted by atomic mass is 9.99. The standard InChI is InChI=1S/C13H17N3O4/c1-9-5-6-11(16(19)20)13(14-9)15-7-3-2-4-10(15)8-12(17)18/h5-6,10H,2-4,7-8H2,1H3,(H,17,18). The van der Waals surface area contributed by atoms with Crippen LogP contribution in [0.25, 0.3) is 0 Å². The van der Waals surface area contributed by atoms with Crippen molar-refractivity contribution in [2.75, 3.05) is 11.4 Å². The van der Waals surface area contributed by atoms with Crippen molar-refractivity contribution in [3.8, 4) is 0 Å². The molecule has 108 valence electrons. The van der Waals surface area contributed by atoms with Gasteiger partial charge in [0.1, 0.15) is 0 Å². The van der Waals surface area contributed by atoms with Gasteiger partial charge in [0.25, 0.3) is 0 Å². The minimum atomic E-state index is -0.891. The number of carboxylic acid groups (broad SMARTS) is 1. The average Bonchev–Trinajstić information content (AvgIpc) is 2.38. The van der Waals surface area contributed by atoms with Crippen LogP contribution < -0.4 is 4.90 Å². The highest BCUT2D eigenvalue weighted by atomic mass is 16.6. The number of hydrogen-bond acceptors (Lipinski definition) is 5. The number of nitrogens with zero attached hydrogens (tertiary/aromatic N) is 3. The quantitative estimate of drug-likeness (QED) is 0.670. The van der Waals surface area contributed by atoms with Crippen molar-refractivity contribution >= 4 is 17.5 Å². The number of carboxylic acids is 1. The Labute approximate surface area is 116 Å². The molecule has 2 heterocycles. The van der Waals surface area contributed by atoms with Crippen LogP contribution in [-0.4, -0.2) is 33.6 Å². The van der Waals surface area contributed by atoms with Gasteiger partial charge in [-0.25, -0.2) is 4.98 Å². The zero-order valence-corrected chi connectivity index (χ0v) is 11.3. The van der Waals surface area contributed by atoms with E-state index in [-0.39, 0.29) is 18.2 Å². The van der Waals surface area contributed by atoms with Crippen LogP contribution >= 0.6 is 0 Å². The first kappa shape index (κ1) is 14.2. The van der Waals surface area contributed by atoms with Crippen molar-refractivity contribution in [1.29, 1.82) is 0 Å². The normalized spacial score (nSPS) is 18.9. The molecule has 1 aliphatic heterocycles. The SMILES string of the molecule is Cc1ccc([N+](=O)[O-])c(N2CCCCC2CC(=O)O)n1. The van der Waals surface area contributed by atoms with E-state index < -0.39 is 10.9 Å². The number of anilines is 1. The summed E-state index contributed by atoms with van der Waals surface area (Å²) < 4.78 is 0. The number of aryl methyl sites for hydroxylation is 1. The first-order valence-electron chi connectivity index (χ1n) is 6.59. The van der Waals surface area contributed by atoms with Crippen LogP contribution in [-0.2, 0) is 4.79 Å². The number of carbonyl (C=O) groups is 1. The van der Waals surface area contributed by atoms with Gasteiger partial charge in [0.05, 0.1) is 11.3 Å². The number of pyridine rings is 1. The van der Waals surface area contributed by atoms with Gasteiger partial charge >= 0.3 is 11.7 Å². The van der Waals surface area contributed by atoms with E-state index in [1.165, 1.54) is 6.07 Å². The molecule has 20 heavy (non-hydrogen) atoms. The first-order valence-corrected chi connectivity index (χ1v) is 6.59. The molecule has 1 aromatic heterocycles. The van der Waals surface area contributed by atoms with Crippen molar-refractivity contribution in [2.24, 2.45) is 0 Å². The smallest absolute Gasteiger partial charge is 0.311 e. The predicted octanol–water partition coefficient (Wildman–Crippen LogP) is 2.13. The molecule has 1 aliphatic rings. The summed E-state index contributed by atoms with van der Waals surface area (Å²) in [5, 5.41) is 20.1. The second-order valence-electron chi connectivity index (χ2n) is 4.99. The third kappa shape index (κ3) is 3.04. The number of hydrogen-bond donors (Lipinski definition) is 1. The molecule has 2 rings (SSSR count). The summed E-state index contributed by atoms with van der Waals surface area (Å²) in [5.74, 6) is -0.599. The van der Waals surface area contributed by atoms with Crippen LogP contribution in [0.15, 0.2) is 12.1 Å². The Balaban J connectivity index is 2.38. The van der Waals surface area contributed by atoms with E-state index in [1.807, 2.05) is 0 Å². The molecule has 7 nitrogen and oxygen atoms in total. The van der Waals surface area contributed by atoms with Crippen molar-refractivity contribution in [2.45, 2.75) is 38.6 Å². The highest BCUT2D eigenvalue weighted by Gasteiger charge is 2.30. The summed E-state index contributed by atoms with van der Waals surface area (Å²) in [6.07, 6.45) is 2.53. The van der Waals surface area contributed by atoms with E-state index in [2.05, 4.69) is 4.98 Å². The molecule has 1 atom stereocenters. The minimum absolute atomic E-state index is 0.0211. The Morgan fingerprint density at radius 2 is 2.30 bits per heavy atom. The van der Waals surface area contributed by atoms with Gasteiger partial charge in [0, 0.05) is 24.3 Å². The topological polar surface area (TPSA) is 96.6 Å². The second-order valence-corrected chi connectivity index (χ2v) is 4.99. The van der Waals surface area contributed by atoms with Crippen LogP contribution in [0.4, 0.5) is 11.5 Å². The molecule has 1 fully saturated rings. The lowest BCUT2D eigenvalue weighted by Crippen LogP contribution is -2.41. The summed E-state index contributed by atoms with van der Waals surface area (Å²) >= 11 is 0. The average molecular weight is 279 g/mol. The molecule has 0 bridgehead atoms. The van der Waals surface area contributed by atoms with Crippen LogP contribution in [0, 0.1) is 17.0 Å². The van der Waals surface area contributed by atoms with Crippen molar-refractivity contribution in [1.82, 2.24) is 4.98 Å². The molecule has 0 saturated carbocycles. The van der Waals surface area contributed by atoms with Crippen LogP contribution in [0.2, 0.25) is 0 Å². The van der Waals surface area contributed by atoms with Gasteiger partial charge in [0.15, 0.2) is 0 Å². The van der Waals surface area contributed by atoms with Crippen LogP contribution in [0.1, 0.15) is 31.4 Å². The van der Waals surface area contributed by atoms with E-state index >= 15 is 0 Å². The zero-order valence-electron chi connectivity index (χ0n) is 11.3. The maximum atomic E-state index is 11.1. The largest absolute Gasteiger partial charge is 0.481 e. The molecule has 0 aromatic carbocycles. The first-order chi connectivity index (χ1) is 9.49. The monoisotopic (exact) mass is 279 g/mol. The van der Waals surface area contributed by atoms with Gasteiger partial charge in [-0.1, -0.05) is 0 Å². The second kappa shape index (κ2) is 5.85. The predicted molar refractivity (Wildman–Crippen MR) is 72.9 cm³/mol. The minimum Gasteiger partial charge on any atom is -0.481 e. The fourth-order valence-electron chi connectivity index (χ4n) is 2.58. The molecular formula is C13H17N3O4. The molecule has 0 spiro atoms. The van der Waals surface area contributed by atoms with E-state index in [4.69, 9.17) is 5.11 Å². The van der Waals surface area contributed by atoms with Crippen LogP contribution in [0.3, 0.4) is 0 Å². The maximum Gasteiger partial charge on any atom is 0.311 e. The van der Waals surface area contributed by atoms with Gasteiger partial charge in [-0.15, -0.1) is 0 Å². The number of rotatable bonds is 4. The number of piperidine rings is 1. The van der Waals surface area contributed by atoms with Gasteiger partial charge in [-0.05, 0) is 32.3 Å². The molecule has 7 heteroatoms. The number of aromatic nitrogens is 1. The molecule has 1 N–H and O–H groups in total. The lowest BCUT2D eigenvalue weighted by molar-refractivity contribution is -0.384. The fourth-order valence-corrected chi connectivity index (χ4v) is 2.58. The van der Waals surface area contributed by atoms with Gasteiger partial charge < -0.3 is 10.0 Å². The zero-order chi connectivity index (χ0) is 14.7.